The maximum absolute atomic E-state index is 13.0. The molecule has 2 heterocycles. The number of hydrogen-bond donors (Lipinski definition) is 2. The van der Waals surface area contributed by atoms with Gasteiger partial charge in [-0.15, -0.1) is 0 Å². The molecule has 158 valence electrons. The Bertz CT molecular complexity index is 1020. The number of likely N-dealkylation sites (N-methyl/N-ethyl adjacent to an activating group) is 1. The zero-order valence-corrected chi connectivity index (χ0v) is 17.8. The molecule has 0 amide bonds. The molecule has 1 aliphatic rings. The van der Waals surface area contributed by atoms with Gasteiger partial charge in [-0.3, -0.25) is 4.57 Å². The van der Waals surface area contributed by atoms with E-state index in [-0.39, 0.29) is 10.5 Å². The van der Waals surface area contributed by atoms with Crippen molar-refractivity contribution < 1.29 is 28.0 Å². The van der Waals surface area contributed by atoms with Crippen LogP contribution in [0.25, 0.3) is 10.9 Å². The number of sulfonamides is 1. The second-order valence-electron chi connectivity index (χ2n) is 8.19. The minimum Gasteiger partial charge on any atom is -0.443 e. The molecule has 0 unspecified atom stereocenters. The summed E-state index contributed by atoms with van der Waals surface area (Å²) in [6, 6.07) is 5.72. The molecular formula is C18H26BN3O6S. The quantitative estimate of drug-likeness (QED) is 0.671. The van der Waals surface area contributed by atoms with E-state index in [9.17, 15) is 23.3 Å². The van der Waals surface area contributed by atoms with Gasteiger partial charge in [-0.25, -0.2) is 13.2 Å². The van der Waals surface area contributed by atoms with Crippen LogP contribution in [0.5, 0.6) is 0 Å². The molecule has 2 aromatic rings. The topological polar surface area (TPSA) is 112 Å². The number of rotatable bonds is 3. The van der Waals surface area contributed by atoms with E-state index in [0.29, 0.717) is 37.1 Å². The third kappa shape index (κ3) is 4.48. The number of ether oxygens (including phenoxy) is 1. The van der Waals surface area contributed by atoms with Gasteiger partial charge in [-0.2, -0.15) is 4.31 Å². The molecule has 2 N–H and O–H groups in total. The highest BCUT2D eigenvalue weighted by Crippen LogP contribution is 2.24. The molecule has 0 bridgehead atoms. The number of hydrogen-bond acceptors (Lipinski definition) is 7. The van der Waals surface area contributed by atoms with Gasteiger partial charge in [-0.1, -0.05) is 0 Å². The molecule has 1 aliphatic heterocycles. The first kappa shape index (κ1) is 21.8. The van der Waals surface area contributed by atoms with Gasteiger partial charge in [0.05, 0.1) is 16.0 Å². The average molecular weight is 423 g/mol. The molecule has 29 heavy (non-hydrogen) atoms. The fourth-order valence-electron chi connectivity index (χ4n) is 3.25. The van der Waals surface area contributed by atoms with Crippen LogP contribution in [0.1, 0.15) is 20.8 Å². The first-order chi connectivity index (χ1) is 13.4. The summed E-state index contributed by atoms with van der Waals surface area (Å²) in [6.45, 7) is 7.20. The second-order valence-corrected chi connectivity index (χ2v) is 10.1. The van der Waals surface area contributed by atoms with Crippen molar-refractivity contribution in [3.05, 3.63) is 24.3 Å². The van der Waals surface area contributed by atoms with Crippen molar-refractivity contribution in [1.29, 1.82) is 0 Å². The molecule has 3 rings (SSSR count). The van der Waals surface area contributed by atoms with Gasteiger partial charge in [-0.05, 0) is 52.1 Å². The maximum atomic E-state index is 13.0. The standard InChI is InChI=1S/C18H26BN3O6S/c1-18(2,3)28-17(23)22-15-6-5-14(11-13(15)12-16(22)19(24)25)29(26,27)21-9-7-20(4)8-10-21/h5-6,11-12,24-25H,7-10H2,1-4H3. The maximum Gasteiger partial charge on any atom is 0.506 e. The van der Waals surface area contributed by atoms with Crippen LogP contribution in [0.3, 0.4) is 0 Å². The predicted molar refractivity (Wildman–Crippen MR) is 110 cm³/mol. The van der Waals surface area contributed by atoms with Crippen LogP contribution in [0, 0.1) is 0 Å². The van der Waals surface area contributed by atoms with Crippen LogP contribution >= 0.6 is 0 Å². The van der Waals surface area contributed by atoms with Gasteiger partial charge in [0.1, 0.15) is 5.60 Å². The van der Waals surface area contributed by atoms with Crippen molar-refractivity contribution >= 4 is 39.7 Å². The summed E-state index contributed by atoms with van der Waals surface area (Å²) in [4.78, 5) is 14.8. The lowest BCUT2D eigenvalue weighted by atomic mass is 9.86. The van der Waals surface area contributed by atoms with Crippen molar-refractivity contribution in [2.45, 2.75) is 31.3 Å². The van der Waals surface area contributed by atoms with Gasteiger partial charge in [0, 0.05) is 31.6 Å². The zero-order chi connectivity index (χ0) is 21.6. The normalized spacial score (nSPS) is 16.9. The highest BCUT2D eigenvalue weighted by molar-refractivity contribution is 7.89. The molecule has 0 saturated carbocycles. The Balaban J connectivity index is 2.04. The highest BCUT2D eigenvalue weighted by Gasteiger charge is 2.30. The summed E-state index contributed by atoms with van der Waals surface area (Å²) in [5, 5.41) is 19.8. The number of benzene rings is 1. The Morgan fingerprint density at radius 2 is 1.72 bits per heavy atom. The summed E-state index contributed by atoms with van der Waals surface area (Å²) in [6.07, 6.45) is -0.773. The van der Waals surface area contributed by atoms with E-state index in [4.69, 9.17) is 4.74 Å². The fourth-order valence-corrected chi connectivity index (χ4v) is 4.71. The minimum absolute atomic E-state index is 0.0925. The van der Waals surface area contributed by atoms with E-state index in [0.717, 1.165) is 4.57 Å². The Labute approximate surface area is 170 Å². The first-order valence-electron chi connectivity index (χ1n) is 9.34. The van der Waals surface area contributed by atoms with Gasteiger partial charge in [0.15, 0.2) is 0 Å². The van der Waals surface area contributed by atoms with E-state index in [2.05, 4.69) is 4.90 Å². The molecule has 1 saturated heterocycles. The summed E-state index contributed by atoms with van der Waals surface area (Å²) in [5.74, 6) is 0. The lowest BCUT2D eigenvalue weighted by Crippen LogP contribution is -2.46. The van der Waals surface area contributed by atoms with Crippen molar-refractivity contribution in [3.63, 3.8) is 0 Å². The molecule has 1 aromatic carbocycles. The number of carbonyl (C=O) groups excluding carboxylic acids is 1. The summed E-state index contributed by atoms with van der Waals surface area (Å²) in [5.41, 5.74) is -0.543. The van der Waals surface area contributed by atoms with E-state index >= 15 is 0 Å². The third-order valence-corrected chi connectivity index (χ3v) is 6.64. The molecular weight excluding hydrogens is 397 g/mol. The van der Waals surface area contributed by atoms with Crippen molar-refractivity contribution in [1.82, 2.24) is 13.8 Å². The van der Waals surface area contributed by atoms with Gasteiger partial charge in [0.25, 0.3) is 0 Å². The molecule has 0 spiro atoms. The molecule has 9 nitrogen and oxygen atoms in total. The largest absolute Gasteiger partial charge is 0.506 e. The van der Waals surface area contributed by atoms with Crippen LogP contribution in [-0.4, -0.2) is 84.3 Å². The lowest BCUT2D eigenvalue weighted by molar-refractivity contribution is 0.0547. The zero-order valence-electron chi connectivity index (χ0n) is 17.0. The first-order valence-corrected chi connectivity index (χ1v) is 10.8. The van der Waals surface area contributed by atoms with E-state index in [1.165, 1.54) is 28.6 Å². The Morgan fingerprint density at radius 1 is 1.10 bits per heavy atom. The smallest absolute Gasteiger partial charge is 0.443 e. The summed E-state index contributed by atoms with van der Waals surface area (Å²) in [7, 11) is -3.68. The number of nitrogens with zero attached hydrogens (tertiary/aromatic N) is 3. The molecule has 0 aliphatic carbocycles. The Kier molecular flexibility index (Phi) is 5.81. The SMILES string of the molecule is CN1CCN(S(=O)(=O)c2ccc3c(c2)cc(B(O)O)n3C(=O)OC(C)(C)C)CC1. The van der Waals surface area contributed by atoms with Gasteiger partial charge >= 0.3 is 13.2 Å². The van der Waals surface area contributed by atoms with Crippen LogP contribution in [-0.2, 0) is 14.8 Å². The number of fused-ring (bicyclic) bond motifs is 1. The highest BCUT2D eigenvalue weighted by atomic mass is 32.2. The lowest BCUT2D eigenvalue weighted by Gasteiger charge is -2.31. The van der Waals surface area contributed by atoms with E-state index in [1.807, 2.05) is 7.05 Å². The van der Waals surface area contributed by atoms with Crippen molar-refractivity contribution in [2.75, 3.05) is 33.2 Å². The van der Waals surface area contributed by atoms with Crippen LogP contribution in [0.15, 0.2) is 29.2 Å². The Morgan fingerprint density at radius 3 is 2.28 bits per heavy atom. The monoisotopic (exact) mass is 423 g/mol. The molecule has 1 aromatic heterocycles. The number of aromatic nitrogens is 1. The predicted octanol–water partition coefficient (Wildman–Crippen LogP) is 0.0404. The minimum atomic E-state index is -3.69. The fraction of sp³-hybridized carbons (Fsp3) is 0.500. The summed E-state index contributed by atoms with van der Waals surface area (Å²) >= 11 is 0. The average Bonchev–Trinajstić information content (AvgIpc) is 2.99. The third-order valence-electron chi connectivity index (χ3n) is 4.74. The van der Waals surface area contributed by atoms with Crippen molar-refractivity contribution in [3.8, 4) is 0 Å². The molecule has 11 heteroatoms. The molecule has 0 radical (unpaired) electrons. The van der Waals surface area contributed by atoms with Crippen molar-refractivity contribution in [2.24, 2.45) is 0 Å². The Hall–Kier alpha value is -1.92. The number of carbonyl (C=O) groups is 1. The molecule has 0 atom stereocenters. The van der Waals surface area contributed by atoms with E-state index in [1.54, 1.807) is 20.8 Å². The summed E-state index contributed by atoms with van der Waals surface area (Å²) < 4.78 is 33.8. The van der Waals surface area contributed by atoms with Crippen LogP contribution in [0.2, 0.25) is 0 Å². The number of piperazine rings is 1. The van der Waals surface area contributed by atoms with Gasteiger partial charge in [0.2, 0.25) is 10.0 Å². The van der Waals surface area contributed by atoms with E-state index < -0.39 is 28.8 Å². The second kappa shape index (κ2) is 7.73. The van der Waals surface area contributed by atoms with Crippen LogP contribution < -0.4 is 5.59 Å². The van der Waals surface area contributed by atoms with Crippen LogP contribution in [0.4, 0.5) is 4.79 Å². The van der Waals surface area contributed by atoms with Gasteiger partial charge < -0.3 is 19.7 Å². The molecule has 1 fully saturated rings.